The molecule has 3 atom stereocenters. The van der Waals surface area contributed by atoms with E-state index in [-0.39, 0.29) is 36.1 Å². The minimum Gasteiger partial charge on any atom is -0.493 e. The van der Waals surface area contributed by atoms with Crippen LogP contribution in [0.5, 0.6) is 11.5 Å². The van der Waals surface area contributed by atoms with E-state index in [9.17, 15) is 14.4 Å². The summed E-state index contributed by atoms with van der Waals surface area (Å²) in [4.78, 5) is 42.7. The van der Waals surface area contributed by atoms with Crippen molar-refractivity contribution in [3.05, 3.63) is 89.7 Å². The van der Waals surface area contributed by atoms with Crippen LogP contribution in [0.3, 0.4) is 0 Å². The van der Waals surface area contributed by atoms with E-state index in [1.165, 1.54) is 19.4 Å². The molecule has 248 valence electrons. The number of benzene rings is 2. The standard InChI is InChI=1S/C36H45NO9/c1-7-42-23-32(39)43-24-44-34-31(41-6)18-19-37-33(34)30(38)20-25(2)35(40)46-26(3)29(21-27-14-10-8-11-15-27)36(4,5)45-22-28-16-12-9-13-17-28/h8-19,25-26,29H,7,20-24H2,1-6H3/t25-,26+,29+/m1/s1. The zero-order valence-corrected chi connectivity index (χ0v) is 27.5. The summed E-state index contributed by atoms with van der Waals surface area (Å²) in [7, 11) is 1.41. The van der Waals surface area contributed by atoms with Crippen LogP contribution < -0.4 is 9.47 Å². The molecular weight excluding hydrogens is 590 g/mol. The lowest BCUT2D eigenvalue weighted by molar-refractivity contribution is -0.164. The van der Waals surface area contributed by atoms with Crippen LogP contribution in [0.1, 0.15) is 62.7 Å². The fourth-order valence-electron chi connectivity index (χ4n) is 4.95. The lowest BCUT2D eigenvalue weighted by atomic mass is 9.81. The molecule has 1 aromatic heterocycles. The summed E-state index contributed by atoms with van der Waals surface area (Å²) in [5, 5.41) is 0. The van der Waals surface area contributed by atoms with Gasteiger partial charge >= 0.3 is 11.9 Å². The van der Waals surface area contributed by atoms with E-state index in [1.807, 2.05) is 81.4 Å². The molecule has 0 unspecified atom stereocenters. The third-order valence-electron chi connectivity index (χ3n) is 7.61. The number of hydrogen-bond acceptors (Lipinski definition) is 10. The van der Waals surface area contributed by atoms with Crippen LogP contribution >= 0.6 is 0 Å². The van der Waals surface area contributed by atoms with Crippen LogP contribution in [0.2, 0.25) is 0 Å². The molecule has 10 heteroatoms. The average molecular weight is 636 g/mol. The Labute approximate surface area is 271 Å². The quantitative estimate of drug-likeness (QED) is 0.0881. The summed E-state index contributed by atoms with van der Waals surface area (Å²) in [6, 6.07) is 21.4. The highest BCUT2D eigenvalue weighted by Gasteiger charge is 2.37. The maximum atomic E-state index is 13.4. The first kappa shape index (κ1) is 36.2. The Kier molecular flexibility index (Phi) is 14.2. The van der Waals surface area contributed by atoms with Crippen LogP contribution in [0.15, 0.2) is 72.9 Å². The number of esters is 2. The number of aromatic nitrogens is 1. The number of ether oxygens (including phenoxy) is 6. The summed E-state index contributed by atoms with van der Waals surface area (Å²) < 4.78 is 33.4. The molecule has 3 aromatic rings. The van der Waals surface area contributed by atoms with Crippen LogP contribution in [-0.4, -0.2) is 61.5 Å². The molecule has 0 aliphatic rings. The monoisotopic (exact) mass is 635 g/mol. The number of ketones is 1. The Hall–Kier alpha value is -4.28. The second kappa shape index (κ2) is 18.0. The molecule has 0 aliphatic heterocycles. The zero-order valence-electron chi connectivity index (χ0n) is 27.5. The number of carbonyl (C=O) groups excluding carboxylic acids is 3. The fraction of sp³-hybridized carbons (Fsp3) is 0.444. The normalized spacial score (nSPS) is 13.3. The molecule has 0 fully saturated rings. The predicted octanol–water partition coefficient (Wildman–Crippen LogP) is 6.00. The molecule has 0 amide bonds. The highest BCUT2D eigenvalue weighted by molar-refractivity contribution is 5.99. The van der Waals surface area contributed by atoms with Crippen molar-refractivity contribution in [3.63, 3.8) is 0 Å². The van der Waals surface area contributed by atoms with Gasteiger partial charge in [-0.15, -0.1) is 0 Å². The van der Waals surface area contributed by atoms with Crippen LogP contribution in [0.25, 0.3) is 0 Å². The SMILES string of the molecule is CCOCC(=O)OCOc1c(OC)ccnc1C(=O)C[C@@H](C)C(=O)O[C@@H](C)[C@H](Cc1ccccc1)C(C)(C)OCc1ccccc1. The molecule has 0 bridgehead atoms. The van der Waals surface area contributed by atoms with Crippen molar-refractivity contribution < 1.29 is 42.8 Å². The third kappa shape index (κ3) is 11.0. The summed E-state index contributed by atoms with van der Waals surface area (Å²) in [5.41, 5.74) is 1.43. The first-order chi connectivity index (χ1) is 22.1. The maximum absolute atomic E-state index is 13.4. The van der Waals surface area contributed by atoms with Gasteiger partial charge in [-0.2, -0.15) is 0 Å². The number of carbonyl (C=O) groups is 3. The van der Waals surface area contributed by atoms with Crippen molar-refractivity contribution in [1.29, 1.82) is 0 Å². The molecule has 0 saturated heterocycles. The maximum Gasteiger partial charge on any atom is 0.334 e. The second-order valence-corrected chi connectivity index (χ2v) is 11.5. The van der Waals surface area contributed by atoms with Gasteiger partial charge in [0.2, 0.25) is 6.79 Å². The first-order valence-electron chi connectivity index (χ1n) is 15.4. The lowest BCUT2D eigenvalue weighted by Crippen LogP contribution is -2.44. The minimum atomic E-state index is -0.787. The largest absolute Gasteiger partial charge is 0.493 e. The molecule has 3 rings (SSSR count). The number of pyridine rings is 1. The van der Waals surface area contributed by atoms with Gasteiger partial charge in [-0.25, -0.2) is 9.78 Å². The summed E-state index contributed by atoms with van der Waals surface area (Å²) >= 11 is 0. The van der Waals surface area contributed by atoms with Crippen molar-refractivity contribution in [2.45, 2.75) is 65.8 Å². The molecule has 2 aromatic carbocycles. The molecule has 0 radical (unpaired) electrons. The predicted molar refractivity (Wildman–Crippen MR) is 171 cm³/mol. The van der Waals surface area contributed by atoms with Crippen LogP contribution in [0.4, 0.5) is 0 Å². The number of rotatable bonds is 19. The van der Waals surface area contributed by atoms with Crippen molar-refractivity contribution in [2.75, 3.05) is 27.1 Å². The van der Waals surface area contributed by atoms with Crippen molar-refractivity contribution in [1.82, 2.24) is 4.98 Å². The van der Waals surface area contributed by atoms with Crippen molar-refractivity contribution >= 4 is 17.7 Å². The van der Waals surface area contributed by atoms with Gasteiger partial charge < -0.3 is 28.4 Å². The Bertz CT molecular complexity index is 1400. The van der Waals surface area contributed by atoms with Gasteiger partial charge in [-0.3, -0.25) is 9.59 Å². The Morgan fingerprint density at radius 3 is 2.20 bits per heavy atom. The summed E-state index contributed by atoms with van der Waals surface area (Å²) in [6.07, 6.45) is 1.30. The Morgan fingerprint density at radius 2 is 1.57 bits per heavy atom. The molecule has 0 saturated carbocycles. The summed E-state index contributed by atoms with van der Waals surface area (Å²) in [6.45, 7) is 9.32. The molecular formula is C36H45NO9. The Morgan fingerprint density at radius 1 is 0.913 bits per heavy atom. The highest BCUT2D eigenvalue weighted by Crippen LogP contribution is 2.33. The van der Waals surface area contributed by atoms with E-state index in [0.29, 0.717) is 19.6 Å². The van der Waals surface area contributed by atoms with Gasteiger partial charge in [0.15, 0.2) is 23.0 Å². The number of methoxy groups -OCH3 is 1. The molecule has 0 aliphatic carbocycles. The lowest BCUT2D eigenvalue weighted by Gasteiger charge is -2.38. The number of hydrogen-bond donors (Lipinski definition) is 0. The van der Waals surface area contributed by atoms with Crippen LogP contribution in [-0.2, 0) is 41.6 Å². The molecule has 10 nitrogen and oxygen atoms in total. The van der Waals surface area contributed by atoms with Crippen molar-refractivity contribution in [2.24, 2.45) is 11.8 Å². The second-order valence-electron chi connectivity index (χ2n) is 11.5. The molecule has 46 heavy (non-hydrogen) atoms. The van der Waals surface area contributed by atoms with E-state index >= 15 is 0 Å². The highest BCUT2D eigenvalue weighted by atomic mass is 16.7. The molecule has 1 heterocycles. The van der Waals surface area contributed by atoms with E-state index in [1.54, 1.807) is 13.8 Å². The minimum absolute atomic E-state index is 0.00776. The van der Waals surface area contributed by atoms with E-state index < -0.39 is 42.1 Å². The van der Waals surface area contributed by atoms with E-state index in [4.69, 9.17) is 28.4 Å². The van der Waals surface area contributed by atoms with Gasteiger partial charge in [-0.1, -0.05) is 67.6 Å². The third-order valence-corrected chi connectivity index (χ3v) is 7.61. The van der Waals surface area contributed by atoms with Gasteiger partial charge in [0.1, 0.15) is 12.7 Å². The topological polar surface area (TPSA) is 119 Å². The number of Topliss-reactive ketones (excluding diaryl/α,β-unsaturated/α-hetero) is 1. The number of nitrogens with zero attached hydrogens (tertiary/aromatic N) is 1. The van der Waals surface area contributed by atoms with Crippen molar-refractivity contribution in [3.8, 4) is 11.5 Å². The molecule has 0 N–H and O–H groups in total. The Balaban J connectivity index is 1.69. The van der Waals surface area contributed by atoms with E-state index in [0.717, 1.165) is 11.1 Å². The smallest absolute Gasteiger partial charge is 0.334 e. The van der Waals surface area contributed by atoms with Crippen LogP contribution in [0, 0.1) is 11.8 Å². The van der Waals surface area contributed by atoms with Gasteiger partial charge in [-0.05, 0) is 45.2 Å². The summed E-state index contributed by atoms with van der Waals surface area (Å²) in [5.74, 6) is -2.35. The van der Waals surface area contributed by atoms with Gasteiger partial charge in [0, 0.05) is 31.2 Å². The fourth-order valence-corrected chi connectivity index (χ4v) is 4.95. The first-order valence-corrected chi connectivity index (χ1v) is 15.4. The average Bonchev–Trinajstić information content (AvgIpc) is 3.06. The van der Waals surface area contributed by atoms with Gasteiger partial charge in [0.25, 0.3) is 0 Å². The molecule has 0 spiro atoms. The van der Waals surface area contributed by atoms with E-state index in [2.05, 4.69) is 4.98 Å². The van der Waals surface area contributed by atoms with Gasteiger partial charge in [0.05, 0.1) is 25.2 Å². The zero-order chi connectivity index (χ0) is 33.5.